The third kappa shape index (κ3) is 4.43. The molecule has 5 nitrogen and oxygen atoms in total. The number of anilines is 1. The van der Waals surface area contributed by atoms with Crippen LogP contribution in [0.3, 0.4) is 0 Å². The van der Waals surface area contributed by atoms with Crippen LogP contribution < -0.4 is 16.0 Å². The third-order valence-electron chi connectivity index (χ3n) is 2.02. The molecule has 0 bridgehead atoms. The van der Waals surface area contributed by atoms with Crippen molar-refractivity contribution in [2.45, 2.75) is 25.9 Å². The van der Waals surface area contributed by atoms with Crippen LogP contribution in [0.25, 0.3) is 0 Å². The lowest BCUT2D eigenvalue weighted by Gasteiger charge is -2.10. The number of nitrogens with zero attached hydrogens (tertiary/aromatic N) is 2. The summed E-state index contributed by atoms with van der Waals surface area (Å²) in [6.07, 6.45) is -3.92. The lowest BCUT2D eigenvalue weighted by molar-refractivity contribution is -0.136. The number of hydrogen-bond donors (Lipinski definition) is 2. The van der Waals surface area contributed by atoms with Crippen molar-refractivity contribution in [2.75, 3.05) is 12.0 Å². The molecule has 0 aliphatic carbocycles. The van der Waals surface area contributed by atoms with Gasteiger partial charge < -0.3 is 10.2 Å². The zero-order valence-corrected chi connectivity index (χ0v) is 9.21. The van der Waals surface area contributed by atoms with Crippen LogP contribution in [0.1, 0.15) is 18.4 Å². The first-order valence-electron chi connectivity index (χ1n) is 4.92. The molecule has 0 aromatic carbocycles. The van der Waals surface area contributed by atoms with E-state index in [1.807, 2.05) is 0 Å². The zero-order valence-electron chi connectivity index (χ0n) is 9.21. The number of nitrogens with one attached hydrogen (secondary N) is 1. The van der Waals surface area contributed by atoms with Crippen LogP contribution >= 0.6 is 0 Å². The van der Waals surface area contributed by atoms with Crippen LogP contribution in [0, 0.1) is 6.92 Å². The van der Waals surface area contributed by atoms with Crippen LogP contribution in [0.5, 0.6) is 5.88 Å². The van der Waals surface area contributed by atoms with Gasteiger partial charge in [0.25, 0.3) is 0 Å². The van der Waals surface area contributed by atoms with Gasteiger partial charge in [0.2, 0.25) is 5.88 Å². The number of alkyl halides is 3. The number of halogens is 3. The second kappa shape index (κ2) is 5.67. The highest BCUT2D eigenvalue weighted by atomic mass is 19.4. The van der Waals surface area contributed by atoms with Gasteiger partial charge in [-0.15, -0.1) is 0 Å². The SMILES string of the molecule is Cc1c(NN)ncnc1OCCCC(F)(F)F. The number of aromatic nitrogens is 2. The number of rotatable bonds is 5. The Labute approximate surface area is 96.2 Å². The van der Waals surface area contributed by atoms with Crippen LogP contribution in [-0.4, -0.2) is 22.8 Å². The maximum atomic E-state index is 11.9. The minimum absolute atomic E-state index is 0.0542. The van der Waals surface area contributed by atoms with E-state index in [2.05, 4.69) is 15.4 Å². The summed E-state index contributed by atoms with van der Waals surface area (Å²) < 4.78 is 40.7. The van der Waals surface area contributed by atoms with Crippen molar-refractivity contribution in [2.24, 2.45) is 5.84 Å². The molecule has 0 aliphatic heterocycles. The van der Waals surface area contributed by atoms with Crippen LogP contribution in [-0.2, 0) is 0 Å². The predicted molar refractivity (Wildman–Crippen MR) is 55.4 cm³/mol. The van der Waals surface area contributed by atoms with Gasteiger partial charge in [-0.1, -0.05) is 0 Å². The highest BCUT2D eigenvalue weighted by Gasteiger charge is 2.26. The molecule has 0 amide bonds. The molecule has 0 aliphatic rings. The second-order valence-electron chi connectivity index (χ2n) is 3.36. The standard InChI is InChI=1S/C9H13F3N4O/c1-6-7(16-13)14-5-15-8(6)17-4-2-3-9(10,11)12/h5H,2-4,13H2,1H3,(H,14,15,16). The van der Waals surface area contributed by atoms with Crippen molar-refractivity contribution in [1.82, 2.24) is 9.97 Å². The van der Waals surface area contributed by atoms with Gasteiger partial charge in [-0.25, -0.2) is 15.8 Å². The average Bonchev–Trinajstić information content (AvgIpc) is 2.25. The molecular weight excluding hydrogens is 237 g/mol. The van der Waals surface area contributed by atoms with Gasteiger partial charge in [0.15, 0.2) is 0 Å². The Kier molecular flexibility index (Phi) is 4.50. The van der Waals surface area contributed by atoms with Crippen molar-refractivity contribution in [3.8, 4) is 5.88 Å². The molecule has 0 saturated carbocycles. The minimum Gasteiger partial charge on any atom is -0.477 e. The molecule has 1 rings (SSSR count). The summed E-state index contributed by atoms with van der Waals surface area (Å²) in [5, 5.41) is 0. The van der Waals surface area contributed by atoms with E-state index in [4.69, 9.17) is 10.6 Å². The lowest BCUT2D eigenvalue weighted by atomic mass is 10.3. The van der Waals surface area contributed by atoms with E-state index in [1.54, 1.807) is 6.92 Å². The fourth-order valence-electron chi connectivity index (χ4n) is 1.17. The summed E-state index contributed by atoms with van der Waals surface area (Å²) in [5.41, 5.74) is 2.90. The van der Waals surface area contributed by atoms with Crippen molar-refractivity contribution in [3.63, 3.8) is 0 Å². The summed E-state index contributed by atoms with van der Waals surface area (Å²) >= 11 is 0. The van der Waals surface area contributed by atoms with E-state index in [1.165, 1.54) is 6.33 Å². The number of hydrogen-bond acceptors (Lipinski definition) is 5. The Bertz CT molecular complexity index is 370. The quantitative estimate of drug-likeness (QED) is 0.473. The van der Waals surface area contributed by atoms with E-state index >= 15 is 0 Å². The largest absolute Gasteiger partial charge is 0.477 e. The Morgan fingerprint density at radius 3 is 2.71 bits per heavy atom. The van der Waals surface area contributed by atoms with Gasteiger partial charge in [-0.3, -0.25) is 0 Å². The second-order valence-corrected chi connectivity index (χ2v) is 3.36. The third-order valence-corrected chi connectivity index (χ3v) is 2.02. The Balaban J connectivity index is 2.47. The smallest absolute Gasteiger partial charge is 0.389 e. The number of nitrogens with two attached hydrogens (primary N) is 1. The molecule has 3 N–H and O–H groups in total. The first-order chi connectivity index (χ1) is 7.94. The number of ether oxygens (including phenoxy) is 1. The Morgan fingerprint density at radius 2 is 2.12 bits per heavy atom. The molecule has 0 fully saturated rings. The van der Waals surface area contributed by atoms with Gasteiger partial charge in [-0.2, -0.15) is 13.2 Å². The van der Waals surface area contributed by atoms with Gasteiger partial charge in [0.05, 0.1) is 12.2 Å². The predicted octanol–water partition coefficient (Wildman–Crippen LogP) is 1.79. The lowest BCUT2D eigenvalue weighted by Crippen LogP contribution is -2.13. The van der Waals surface area contributed by atoms with Crippen molar-refractivity contribution in [1.29, 1.82) is 0 Å². The van der Waals surface area contributed by atoms with Crippen LogP contribution in [0.2, 0.25) is 0 Å². The first-order valence-corrected chi connectivity index (χ1v) is 4.92. The Hall–Kier alpha value is -1.57. The number of hydrazine groups is 1. The number of nitrogen functional groups attached to an aromatic ring is 1. The summed E-state index contributed by atoms with van der Waals surface area (Å²) in [7, 11) is 0. The summed E-state index contributed by atoms with van der Waals surface area (Å²) in [6.45, 7) is 1.61. The summed E-state index contributed by atoms with van der Waals surface area (Å²) in [6, 6.07) is 0. The fourth-order valence-corrected chi connectivity index (χ4v) is 1.17. The molecule has 0 radical (unpaired) electrons. The minimum atomic E-state index is -4.16. The molecule has 0 atom stereocenters. The van der Waals surface area contributed by atoms with Crippen molar-refractivity contribution in [3.05, 3.63) is 11.9 Å². The van der Waals surface area contributed by atoms with Crippen molar-refractivity contribution >= 4 is 5.82 Å². The fraction of sp³-hybridized carbons (Fsp3) is 0.556. The molecular formula is C9H13F3N4O. The average molecular weight is 250 g/mol. The highest BCUT2D eigenvalue weighted by Crippen LogP contribution is 2.23. The topological polar surface area (TPSA) is 73.1 Å². The summed E-state index contributed by atoms with van der Waals surface area (Å²) in [4.78, 5) is 7.63. The van der Waals surface area contributed by atoms with E-state index in [0.29, 0.717) is 11.4 Å². The Morgan fingerprint density at radius 1 is 1.41 bits per heavy atom. The van der Waals surface area contributed by atoms with Crippen molar-refractivity contribution < 1.29 is 17.9 Å². The van der Waals surface area contributed by atoms with E-state index in [9.17, 15) is 13.2 Å². The van der Waals surface area contributed by atoms with Crippen LogP contribution in [0.4, 0.5) is 19.0 Å². The monoisotopic (exact) mass is 250 g/mol. The van der Waals surface area contributed by atoms with E-state index in [-0.39, 0.29) is 18.9 Å². The molecule has 1 aromatic heterocycles. The molecule has 1 aromatic rings. The molecule has 8 heteroatoms. The van der Waals surface area contributed by atoms with Gasteiger partial charge in [0, 0.05) is 6.42 Å². The molecule has 0 unspecified atom stereocenters. The van der Waals surface area contributed by atoms with E-state index in [0.717, 1.165) is 0 Å². The molecule has 1 heterocycles. The highest BCUT2D eigenvalue weighted by molar-refractivity contribution is 5.46. The van der Waals surface area contributed by atoms with Gasteiger partial charge in [0.1, 0.15) is 12.1 Å². The normalized spacial score (nSPS) is 11.4. The molecule has 96 valence electrons. The maximum Gasteiger partial charge on any atom is 0.389 e. The van der Waals surface area contributed by atoms with Gasteiger partial charge in [-0.05, 0) is 13.3 Å². The molecule has 0 saturated heterocycles. The zero-order chi connectivity index (χ0) is 12.9. The maximum absolute atomic E-state index is 11.9. The van der Waals surface area contributed by atoms with Gasteiger partial charge >= 0.3 is 6.18 Å². The first kappa shape index (κ1) is 13.5. The summed E-state index contributed by atoms with van der Waals surface area (Å²) in [5.74, 6) is 5.80. The van der Waals surface area contributed by atoms with Crippen LogP contribution in [0.15, 0.2) is 6.33 Å². The molecule has 17 heavy (non-hydrogen) atoms. The molecule has 0 spiro atoms. The van der Waals surface area contributed by atoms with E-state index < -0.39 is 12.6 Å².